The highest BCUT2D eigenvalue weighted by molar-refractivity contribution is 5.35. The van der Waals surface area contributed by atoms with E-state index in [0.29, 0.717) is 6.10 Å². The first kappa shape index (κ1) is 11.2. The van der Waals surface area contributed by atoms with Gasteiger partial charge in [0.25, 0.3) is 0 Å². The van der Waals surface area contributed by atoms with Crippen molar-refractivity contribution in [3.8, 4) is 5.75 Å². The van der Waals surface area contributed by atoms with Crippen molar-refractivity contribution in [3.63, 3.8) is 0 Å². The minimum Gasteiger partial charge on any atom is -0.490 e. The molecular weight excluding hydrogens is 226 g/mol. The lowest BCUT2D eigenvalue weighted by atomic mass is 10.0. The normalized spacial score (nSPS) is 16.3. The summed E-state index contributed by atoms with van der Waals surface area (Å²) in [6.07, 6.45) is 6.06. The zero-order chi connectivity index (χ0) is 12.4. The molecule has 1 heterocycles. The summed E-state index contributed by atoms with van der Waals surface area (Å²) in [5.41, 5.74) is 8.19. The number of rotatable bonds is 4. The van der Waals surface area contributed by atoms with Crippen molar-refractivity contribution in [2.75, 3.05) is 0 Å². The Morgan fingerprint density at radius 3 is 2.78 bits per heavy atom. The number of nitrogens with zero attached hydrogens (tertiary/aromatic N) is 2. The van der Waals surface area contributed by atoms with Crippen molar-refractivity contribution in [3.05, 3.63) is 53.9 Å². The van der Waals surface area contributed by atoms with Gasteiger partial charge in [0.2, 0.25) is 0 Å². The zero-order valence-electron chi connectivity index (χ0n) is 9.99. The minimum atomic E-state index is -0.191. The van der Waals surface area contributed by atoms with Crippen molar-refractivity contribution in [2.24, 2.45) is 5.73 Å². The van der Waals surface area contributed by atoms with E-state index in [4.69, 9.17) is 10.5 Å². The Morgan fingerprint density at radius 1 is 1.17 bits per heavy atom. The van der Waals surface area contributed by atoms with Crippen LogP contribution in [0.15, 0.2) is 42.7 Å². The molecule has 0 aliphatic heterocycles. The summed E-state index contributed by atoms with van der Waals surface area (Å²) in [6.45, 7) is 0. The number of hydrogen-bond acceptors (Lipinski definition) is 4. The van der Waals surface area contributed by atoms with Crippen LogP contribution in [0, 0.1) is 0 Å². The summed E-state index contributed by atoms with van der Waals surface area (Å²) < 4.78 is 5.77. The van der Waals surface area contributed by atoms with Crippen LogP contribution in [0.3, 0.4) is 0 Å². The molecule has 1 atom stereocenters. The van der Waals surface area contributed by atoms with E-state index < -0.39 is 0 Å². The predicted octanol–water partition coefficient (Wildman–Crippen LogP) is 2.07. The number of hydrogen-bond donors (Lipinski definition) is 1. The van der Waals surface area contributed by atoms with Crippen LogP contribution >= 0.6 is 0 Å². The lowest BCUT2D eigenvalue weighted by Gasteiger charge is -2.13. The van der Waals surface area contributed by atoms with Gasteiger partial charge in [-0.1, -0.05) is 12.1 Å². The smallest absolute Gasteiger partial charge is 0.120 e. The SMILES string of the molecule is NC(c1ccnnc1)c1cccc(OC2CC2)c1. The highest BCUT2D eigenvalue weighted by Gasteiger charge is 2.23. The Morgan fingerprint density at radius 2 is 2.06 bits per heavy atom. The van der Waals surface area contributed by atoms with Gasteiger partial charge in [0.05, 0.1) is 18.3 Å². The van der Waals surface area contributed by atoms with Gasteiger partial charge in [-0.25, -0.2) is 0 Å². The van der Waals surface area contributed by atoms with Crippen LogP contribution < -0.4 is 10.5 Å². The Bertz CT molecular complexity index is 526. The molecule has 3 rings (SSSR count). The van der Waals surface area contributed by atoms with Crippen LogP contribution in [0.25, 0.3) is 0 Å². The first-order valence-electron chi connectivity index (χ1n) is 6.12. The molecule has 4 nitrogen and oxygen atoms in total. The molecule has 0 bridgehead atoms. The molecule has 1 aliphatic carbocycles. The van der Waals surface area contributed by atoms with Crippen LogP contribution in [0.5, 0.6) is 5.75 Å². The first-order valence-corrected chi connectivity index (χ1v) is 6.12. The van der Waals surface area contributed by atoms with E-state index in [2.05, 4.69) is 10.2 Å². The van der Waals surface area contributed by atoms with Crippen LogP contribution in [0.4, 0.5) is 0 Å². The number of benzene rings is 1. The quantitative estimate of drug-likeness (QED) is 0.890. The fraction of sp³-hybridized carbons (Fsp3) is 0.286. The molecule has 4 heteroatoms. The second kappa shape index (κ2) is 4.74. The average molecular weight is 241 g/mol. The fourth-order valence-corrected chi connectivity index (χ4v) is 1.84. The Kier molecular flexibility index (Phi) is 2.94. The van der Waals surface area contributed by atoms with Gasteiger partial charge in [-0.2, -0.15) is 10.2 Å². The summed E-state index contributed by atoms with van der Waals surface area (Å²) in [7, 11) is 0. The Hall–Kier alpha value is -1.94. The third-order valence-electron chi connectivity index (χ3n) is 3.01. The van der Waals surface area contributed by atoms with Gasteiger partial charge in [-0.3, -0.25) is 0 Å². The molecule has 1 aliphatic rings. The Labute approximate surface area is 106 Å². The topological polar surface area (TPSA) is 61.0 Å². The van der Waals surface area contributed by atoms with Gasteiger partial charge in [0.1, 0.15) is 5.75 Å². The minimum absolute atomic E-state index is 0.191. The second-order valence-electron chi connectivity index (χ2n) is 4.54. The van der Waals surface area contributed by atoms with E-state index in [1.54, 1.807) is 12.4 Å². The maximum Gasteiger partial charge on any atom is 0.120 e. The van der Waals surface area contributed by atoms with Crippen molar-refractivity contribution in [1.82, 2.24) is 10.2 Å². The summed E-state index contributed by atoms with van der Waals surface area (Å²) in [5.74, 6) is 0.896. The van der Waals surface area contributed by atoms with Gasteiger partial charge < -0.3 is 10.5 Å². The van der Waals surface area contributed by atoms with Crippen LogP contribution in [-0.2, 0) is 0 Å². The third-order valence-corrected chi connectivity index (χ3v) is 3.01. The van der Waals surface area contributed by atoms with Crippen molar-refractivity contribution >= 4 is 0 Å². The van der Waals surface area contributed by atoms with E-state index in [9.17, 15) is 0 Å². The second-order valence-corrected chi connectivity index (χ2v) is 4.54. The molecule has 2 aromatic rings. The van der Waals surface area contributed by atoms with E-state index in [1.165, 1.54) is 0 Å². The maximum absolute atomic E-state index is 6.21. The van der Waals surface area contributed by atoms with E-state index >= 15 is 0 Å². The molecule has 1 fully saturated rings. The number of aromatic nitrogens is 2. The summed E-state index contributed by atoms with van der Waals surface area (Å²) in [5, 5.41) is 7.61. The monoisotopic (exact) mass is 241 g/mol. The fourth-order valence-electron chi connectivity index (χ4n) is 1.84. The van der Waals surface area contributed by atoms with E-state index in [0.717, 1.165) is 29.7 Å². The van der Waals surface area contributed by atoms with Gasteiger partial charge in [0.15, 0.2) is 0 Å². The van der Waals surface area contributed by atoms with Crippen molar-refractivity contribution in [1.29, 1.82) is 0 Å². The summed E-state index contributed by atoms with van der Waals surface area (Å²) in [6, 6.07) is 9.64. The Balaban J connectivity index is 1.82. The predicted molar refractivity (Wildman–Crippen MR) is 68.2 cm³/mol. The molecule has 1 aromatic carbocycles. The third kappa shape index (κ3) is 2.49. The van der Waals surface area contributed by atoms with Gasteiger partial charge in [-0.05, 0) is 42.2 Å². The summed E-state index contributed by atoms with van der Waals surface area (Å²) in [4.78, 5) is 0. The molecule has 0 saturated heterocycles. The molecule has 1 unspecified atom stereocenters. The van der Waals surface area contributed by atoms with Gasteiger partial charge in [0, 0.05) is 6.20 Å². The standard InChI is InChI=1S/C14H15N3O/c15-14(11-6-7-16-17-9-11)10-2-1-3-13(8-10)18-12-4-5-12/h1-3,6-9,12,14H,4-5,15H2. The van der Waals surface area contributed by atoms with E-state index in [-0.39, 0.29) is 6.04 Å². The highest BCUT2D eigenvalue weighted by atomic mass is 16.5. The lowest BCUT2D eigenvalue weighted by molar-refractivity contribution is 0.303. The molecule has 1 aromatic heterocycles. The number of ether oxygens (including phenoxy) is 1. The van der Waals surface area contributed by atoms with Gasteiger partial charge >= 0.3 is 0 Å². The largest absolute Gasteiger partial charge is 0.490 e. The number of nitrogens with two attached hydrogens (primary N) is 1. The molecule has 0 radical (unpaired) electrons. The van der Waals surface area contributed by atoms with E-state index in [1.807, 2.05) is 30.3 Å². The molecule has 2 N–H and O–H groups in total. The van der Waals surface area contributed by atoms with Crippen molar-refractivity contribution < 1.29 is 4.74 Å². The maximum atomic E-state index is 6.21. The molecule has 92 valence electrons. The van der Waals surface area contributed by atoms with Crippen LogP contribution in [0.2, 0.25) is 0 Å². The van der Waals surface area contributed by atoms with Crippen LogP contribution in [0.1, 0.15) is 30.0 Å². The molecular formula is C14H15N3O. The average Bonchev–Trinajstić information content (AvgIpc) is 3.23. The van der Waals surface area contributed by atoms with Crippen LogP contribution in [-0.4, -0.2) is 16.3 Å². The molecule has 0 amide bonds. The molecule has 0 spiro atoms. The lowest BCUT2D eigenvalue weighted by Crippen LogP contribution is -2.12. The highest BCUT2D eigenvalue weighted by Crippen LogP contribution is 2.29. The molecule has 1 saturated carbocycles. The first-order chi connectivity index (χ1) is 8.83. The molecule has 18 heavy (non-hydrogen) atoms. The van der Waals surface area contributed by atoms with Crippen molar-refractivity contribution in [2.45, 2.75) is 25.0 Å². The summed E-state index contributed by atoms with van der Waals surface area (Å²) >= 11 is 0. The zero-order valence-corrected chi connectivity index (χ0v) is 9.99. The van der Waals surface area contributed by atoms with Gasteiger partial charge in [-0.15, -0.1) is 0 Å².